The number of amides is 2. The Balaban J connectivity index is 1.51. The highest BCUT2D eigenvalue weighted by atomic mass is 16.5. The molecule has 0 aliphatic carbocycles. The zero-order valence-corrected chi connectivity index (χ0v) is 18.7. The molecule has 0 unspecified atom stereocenters. The lowest BCUT2D eigenvalue weighted by Crippen LogP contribution is -2.25. The zero-order valence-electron chi connectivity index (χ0n) is 18.7. The van der Waals surface area contributed by atoms with E-state index in [4.69, 9.17) is 9.47 Å². The highest BCUT2D eigenvalue weighted by Crippen LogP contribution is 2.24. The van der Waals surface area contributed by atoms with Gasteiger partial charge in [0, 0.05) is 31.5 Å². The molecule has 0 atom stereocenters. The number of carbonyl (C=O) groups excluding carboxylic acids is 2. The van der Waals surface area contributed by atoms with Crippen LogP contribution in [0.2, 0.25) is 0 Å². The van der Waals surface area contributed by atoms with Gasteiger partial charge >= 0.3 is 0 Å². The van der Waals surface area contributed by atoms with Gasteiger partial charge in [-0.2, -0.15) is 0 Å². The predicted octanol–water partition coefficient (Wildman–Crippen LogP) is 4.08. The zero-order chi connectivity index (χ0) is 23.3. The van der Waals surface area contributed by atoms with E-state index in [0.29, 0.717) is 36.8 Å². The maximum Gasteiger partial charge on any atom is 0.251 e. The molecule has 0 saturated carbocycles. The van der Waals surface area contributed by atoms with Crippen LogP contribution < -0.4 is 20.7 Å². The molecule has 7 heteroatoms. The number of rotatable bonds is 12. The molecule has 3 aromatic rings. The molecule has 0 radical (unpaired) electrons. The van der Waals surface area contributed by atoms with Crippen LogP contribution in [0.25, 0.3) is 0 Å². The van der Waals surface area contributed by atoms with E-state index in [1.807, 2.05) is 54.6 Å². The minimum Gasteiger partial charge on any atom is -0.487 e. The van der Waals surface area contributed by atoms with Gasteiger partial charge in [0.25, 0.3) is 5.91 Å². The SMILES string of the molecule is COCCCNC(=O)c1cccc(NC(=O)CNc2ccccc2OCc2ccccc2)c1. The summed E-state index contributed by atoms with van der Waals surface area (Å²) in [5, 5.41) is 8.77. The minimum atomic E-state index is -0.231. The molecule has 0 aliphatic heterocycles. The van der Waals surface area contributed by atoms with Gasteiger partial charge in [-0.1, -0.05) is 48.5 Å². The summed E-state index contributed by atoms with van der Waals surface area (Å²) in [6, 6.07) is 24.2. The summed E-state index contributed by atoms with van der Waals surface area (Å²) in [5.74, 6) is 0.247. The number of para-hydroxylation sites is 2. The van der Waals surface area contributed by atoms with Gasteiger partial charge in [0.1, 0.15) is 12.4 Å². The van der Waals surface area contributed by atoms with Crippen LogP contribution in [0.3, 0.4) is 0 Å². The van der Waals surface area contributed by atoms with E-state index in [1.54, 1.807) is 31.4 Å². The van der Waals surface area contributed by atoms with Crippen LogP contribution in [-0.2, 0) is 16.1 Å². The molecule has 0 spiro atoms. The molecule has 0 aliphatic rings. The fraction of sp³-hybridized carbons (Fsp3) is 0.231. The van der Waals surface area contributed by atoms with E-state index < -0.39 is 0 Å². The Morgan fingerprint density at radius 2 is 1.70 bits per heavy atom. The Morgan fingerprint density at radius 3 is 2.52 bits per heavy atom. The Morgan fingerprint density at radius 1 is 0.909 bits per heavy atom. The van der Waals surface area contributed by atoms with Crippen LogP contribution in [-0.4, -0.2) is 38.6 Å². The average molecular weight is 448 g/mol. The largest absolute Gasteiger partial charge is 0.487 e. The lowest BCUT2D eigenvalue weighted by atomic mass is 10.2. The van der Waals surface area contributed by atoms with Crippen LogP contribution in [0.4, 0.5) is 11.4 Å². The number of carbonyl (C=O) groups is 2. The normalized spacial score (nSPS) is 10.3. The van der Waals surface area contributed by atoms with Crippen molar-refractivity contribution >= 4 is 23.2 Å². The summed E-state index contributed by atoms with van der Waals surface area (Å²) in [5.41, 5.74) is 2.83. The average Bonchev–Trinajstić information content (AvgIpc) is 2.85. The lowest BCUT2D eigenvalue weighted by Gasteiger charge is -2.13. The van der Waals surface area contributed by atoms with Gasteiger partial charge in [0.2, 0.25) is 5.91 Å². The molecule has 3 rings (SSSR count). The Labute approximate surface area is 194 Å². The number of anilines is 2. The highest BCUT2D eigenvalue weighted by molar-refractivity contribution is 5.98. The first-order chi connectivity index (χ1) is 16.2. The second-order valence-corrected chi connectivity index (χ2v) is 7.36. The third kappa shape index (κ3) is 7.97. The van der Waals surface area contributed by atoms with Crippen molar-refractivity contribution in [1.82, 2.24) is 5.32 Å². The predicted molar refractivity (Wildman–Crippen MR) is 130 cm³/mol. The van der Waals surface area contributed by atoms with E-state index in [-0.39, 0.29) is 18.4 Å². The molecule has 0 bridgehead atoms. The fourth-order valence-electron chi connectivity index (χ4n) is 3.11. The standard InChI is InChI=1S/C26H29N3O4/c1-32-16-8-15-27-26(31)21-11-7-12-22(17-21)29-25(30)18-28-23-13-5-6-14-24(23)33-19-20-9-3-2-4-10-20/h2-7,9-14,17,28H,8,15-16,18-19H2,1H3,(H,27,31)(H,29,30). The van der Waals surface area contributed by atoms with Crippen LogP contribution in [0.15, 0.2) is 78.9 Å². The second kappa shape index (κ2) is 12.9. The number of hydrogen-bond donors (Lipinski definition) is 3. The van der Waals surface area contributed by atoms with Gasteiger partial charge in [-0.25, -0.2) is 0 Å². The Kier molecular flexibility index (Phi) is 9.29. The monoisotopic (exact) mass is 447 g/mol. The van der Waals surface area contributed by atoms with Crippen molar-refractivity contribution in [1.29, 1.82) is 0 Å². The number of hydrogen-bond acceptors (Lipinski definition) is 5. The molecule has 0 aromatic heterocycles. The van der Waals surface area contributed by atoms with Crippen molar-refractivity contribution in [3.05, 3.63) is 90.0 Å². The first-order valence-electron chi connectivity index (χ1n) is 10.8. The third-order valence-electron chi connectivity index (χ3n) is 4.78. The fourth-order valence-corrected chi connectivity index (χ4v) is 3.11. The summed E-state index contributed by atoms with van der Waals surface area (Å²) in [4.78, 5) is 24.7. The first kappa shape index (κ1) is 23.8. The summed E-state index contributed by atoms with van der Waals surface area (Å²) in [6.45, 7) is 1.61. The maximum atomic E-state index is 12.5. The second-order valence-electron chi connectivity index (χ2n) is 7.36. The topological polar surface area (TPSA) is 88.7 Å². The number of nitrogens with one attached hydrogen (secondary N) is 3. The van der Waals surface area contributed by atoms with Crippen molar-refractivity contribution < 1.29 is 19.1 Å². The van der Waals surface area contributed by atoms with Gasteiger partial charge < -0.3 is 25.4 Å². The van der Waals surface area contributed by atoms with Crippen LogP contribution in [0.5, 0.6) is 5.75 Å². The summed E-state index contributed by atoms with van der Waals surface area (Å²) in [6.07, 6.45) is 0.737. The van der Waals surface area contributed by atoms with Crippen molar-refractivity contribution in [2.75, 3.05) is 37.4 Å². The van der Waals surface area contributed by atoms with Crippen molar-refractivity contribution in [2.24, 2.45) is 0 Å². The number of methoxy groups -OCH3 is 1. The van der Waals surface area contributed by atoms with Crippen molar-refractivity contribution in [3.8, 4) is 5.75 Å². The van der Waals surface area contributed by atoms with Gasteiger partial charge in [0.15, 0.2) is 0 Å². The van der Waals surface area contributed by atoms with Crippen molar-refractivity contribution in [2.45, 2.75) is 13.0 Å². The lowest BCUT2D eigenvalue weighted by molar-refractivity contribution is -0.114. The van der Waals surface area contributed by atoms with E-state index in [1.165, 1.54) is 0 Å². The van der Waals surface area contributed by atoms with Gasteiger partial charge in [-0.3, -0.25) is 9.59 Å². The van der Waals surface area contributed by atoms with Gasteiger partial charge in [0.05, 0.1) is 12.2 Å². The summed E-state index contributed by atoms with van der Waals surface area (Å²) < 4.78 is 10.9. The van der Waals surface area contributed by atoms with Crippen LogP contribution in [0.1, 0.15) is 22.3 Å². The third-order valence-corrected chi connectivity index (χ3v) is 4.78. The molecular weight excluding hydrogens is 418 g/mol. The van der Waals surface area contributed by atoms with Crippen molar-refractivity contribution in [3.63, 3.8) is 0 Å². The summed E-state index contributed by atoms with van der Waals surface area (Å²) >= 11 is 0. The molecule has 33 heavy (non-hydrogen) atoms. The molecule has 2 amide bonds. The Hall–Kier alpha value is -3.84. The van der Waals surface area contributed by atoms with Crippen LogP contribution in [0, 0.1) is 0 Å². The van der Waals surface area contributed by atoms with Crippen LogP contribution >= 0.6 is 0 Å². The maximum absolute atomic E-state index is 12.5. The van der Waals surface area contributed by atoms with Gasteiger partial charge in [-0.15, -0.1) is 0 Å². The van der Waals surface area contributed by atoms with Gasteiger partial charge in [-0.05, 0) is 42.3 Å². The Bertz CT molecular complexity index is 1040. The highest BCUT2D eigenvalue weighted by Gasteiger charge is 2.09. The molecule has 0 saturated heterocycles. The molecular formula is C26H29N3O4. The summed E-state index contributed by atoms with van der Waals surface area (Å²) in [7, 11) is 1.62. The van der Waals surface area contributed by atoms with E-state index in [0.717, 1.165) is 17.7 Å². The number of benzene rings is 3. The minimum absolute atomic E-state index is 0.0547. The quantitative estimate of drug-likeness (QED) is 0.364. The van der Waals surface area contributed by atoms with E-state index in [9.17, 15) is 9.59 Å². The van der Waals surface area contributed by atoms with E-state index in [2.05, 4.69) is 16.0 Å². The molecule has 7 nitrogen and oxygen atoms in total. The molecule has 0 heterocycles. The number of ether oxygens (including phenoxy) is 2. The smallest absolute Gasteiger partial charge is 0.251 e. The van der Waals surface area contributed by atoms with E-state index >= 15 is 0 Å². The molecule has 3 N–H and O–H groups in total. The molecule has 0 fully saturated rings. The molecule has 172 valence electrons. The molecule has 3 aromatic carbocycles. The first-order valence-corrected chi connectivity index (χ1v) is 10.8.